The van der Waals surface area contributed by atoms with Crippen molar-refractivity contribution in [1.82, 2.24) is 14.9 Å². The highest BCUT2D eigenvalue weighted by atomic mass is 28.4. The van der Waals surface area contributed by atoms with Crippen LogP contribution in [0.5, 0.6) is 0 Å². The molecule has 2 heterocycles. The molecule has 2 aromatic carbocycles. The maximum Gasteiger partial charge on any atom is 0.261 e. The molecule has 0 unspecified atom stereocenters. The van der Waals surface area contributed by atoms with E-state index in [1.807, 2.05) is 0 Å². The molecule has 0 radical (unpaired) electrons. The van der Waals surface area contributed by atoms with Gasteiger partial charge in [0.15, 0.2) is 0 Å². The fourth-order valence-electron chi connectivity index (χ4n) is 7.34. The first kappa shape index (κ1) is 29.5. The van der Waals surface area contributed by atoms with Crippen LogP contribution in [-0.4, -0.2) is 35.9 Å². The Kier molecular flexibility index (Phi) is 8.38. The molecule has 2 aromatic heterocycles. The van der Waals surface area contributed by atoms with Crippen molar-refractivity contribution in [2.24, 2.45) is 0 Å². The fraction of sp³-hybridized carbons (Fsp3) is 0.417. The van der Waals surface area contributed by atoms with Crippen LogP contribution in [0, 0.1) is 0 Å². The monoisotopic (exact) mass is 593 g/mol. The van der Waals surface area contributed by atoms with E-state index in [4.69, 9.17) is 4.43 Å². The van der Waals surface area contributed by atoms with Gasteiger partial charge in [0.05, 0.1) is 5.39 Å². The zero-order valence-corrected chi connectivity index (χ0v) is 26.6. The average molecular weight is 594 g/mol. The Balaban J connectivity index is 1.29. The molecule has 2 aliphatic rings. The lowest BCUT2D eigenvalue weighted by Crippen LogP contribution is -2.67. The molecule has 0 bridgehead atoms. The number of nitrogens with one attached hydrogen (secondary N) is 1. The topological polar surface area (TPSA) is 73.2 Å². The Bertz CT molecular complexity index is 1580. The van der Waals surface area contributed by atoms with Gasteiger partial charge in [0.1, 0.15) is 11.2 Å². The summed E-state index contributed by atoms with van der Waals surface area (Å²) in [5, 5.41) is 6.14. The van der Waals surface area contributed by atoms with Gasteiger partial charge in [-0.15, -0.1) is 0 Å². The second kappa shape index (κ2) is 12.2. The minimum absolute atomic E-state index is 0.0764. The molecule has 6 rings (SSSR count). The van der Waals surface area contributed by atoms with Crippen molar-refractivity contribution < 1.29 is 9.22 Å². The summed E-state index contributed by atoms with van der Waals surface area (Å²) in [6.07, 6.45) is 11.4. The maximum atomic E-state index is 13.4. The van der Waals surface area contributed by atoms with Crippen molar-refractivity contribution in [2.75, 3.05) is 0 Å². The number of amides is 1. The standard InChI is InChI=1S/C36H43N3O3Si/c1-36(2,3)43(29-15-6-4-7-16-29,30-17-8-5-9-18-30)42-28-22-20-27(21-23-28)39-25-32(35(41)38-26-13-10-11-14-26)33(40)31-19-12-24-37-34(31)39/h4-9,12,15-19,24-28H,10-11,13-14,20-23H2,1-3H3,(H,38,41)/t27-,28-. The first-order valence-electron chi connectivity index (χ1n) is 15.9. The van der Waals surface area contributed by atoms with Gasteiger partial charge >= 0.3 is 0 Å². The van der Waals surface area contributed by atoms with Gasteiger partial charge in [-0.05, 0) is 66.1 Å². The number of hydrogen-bond donors (Lipinski definition) is 1. The number of nitrogens with zero attached hydrogens (tertiary/aromatic N) is 2. The van der Waals surface area contributed by atoms with Crippen molar-refractivity contribution in [3.8, 4) is 0 Å². The van der Waals surface area contributed by atoms with Crippen molar-refractivity contribution in [3.05, 3.63) is 101 Å². The molecule has 2 fully saturated rings. The van der Waals surface area contributed by atoms with Gasteiger partial charge in [-0.1, -0.05) is 94.3 Å². The molecule has 0 saturated heterocycles. The van der Waals surface area contributed by atoms with Gasteiger partial charge < -0.3 is 14.3 Å². The van der Waals surface area contributed by atoms with Crippen LogP contribution in [0.2, 0.25) is 5.04 Å². The highest BCUT2D eigenvalue weighted by molar-refractivity contribution is 6.99. The van der Waals surface area contributed by atoms with Crippen LogP contribution in [-0.2, 0) is 4.43 Å². The van der Waals surface area contributed by atoms with E-state index in [2.05, 4.69) is 96.3 Å². The molecular weight excluding hydrogens is 551 g/mol. The molecule has 2 aliphatic carbocycles. The molecule has 1 N–H and O–H groups in total. The smallest absolute Gasteiger partial charge is 0.261 e. The van der Waals surface area contributed by atoms with Crippen LogP contribution in [0.25, 0.3) is 11.0 Å². The third kappa shape index (κ3) is 5.73. The first-order valence-corrected chi connectivity index (χ1v) is 17.8. The minimum atomic E-state index is -2.64. The lowest BCUT2D eigenvalue weighted by molar-refractivity contribution is 0.0935. The number of benzene rings is 2. The van der Waals surface area contributed by atoms with Gasteiger partial charge in [-0.2, -0.15) is 0 Å². The summed E-state index contributed by atoms with van der Waals surface area (Å²) in [6.45, 7) is 6.96. The van der Waals surface area contributed by atoms with Crippen LogP contribution < -0.4 is 21.1 Å². The quantitative estimate of drug-likeness (QED) is 0.262. The number of rotatable bonds is 7. The molecular formula is C36H43N3O3Si. The number of pyridine rings is 2. The lowest BCUT2D eigenvalue weighted by Gasteiger charge is -2.46. The van der Waals surface area contributed by atoms with E-state index in [9.17, 15) is 9.59 Å². The second-order valence-corrected chi connectivity index (χ2v) is 17.6. The predicted molar refractivity (Wildman–Crippen MR) is 176 cm³/mol. The average Bonchev–Trinajstić information content (AvgIpc) is 3.54. The Morgan fingerprint density at radius 1 is 0.860 bits per heavy atom. The van der Waals surface area contributed by atoms with Crippen LogP contribution >= 0.6 is 0 Å². The van der Waals surface area contributed by atoms with Crippen molar-refractivity contribution in [1.29, 1.82) is 0 Å². The summed E-state index contributed by atoms with van der Waals surface area (Å²) >= 11 is 0. The van der Waals surface area contributed by atoms with Crippen molar-refractivity contribution in [2.45, 2.75) is 95.4 Å². The van der Waals surface area contributed by atoms with Crippen molar-refractivity contribution >= 4 is 35.6 Å². The predicted octanol–water partition coefficient (Wildman–Crippen LogP) is 6.13. The summed E-state index contributed by atoms with van der Waals surface area (Å²) in [5.74, 6) is -0.264. The van der Waals surface area contributed by atoms with E-state index in [0.29, 0.717) is 11.0 Å². The molecule has 7 heteroatoms. The molecule has 0 aliphatic heterocycles. The Morgan fingerprint density at radius 2 is 1.47 bits per heavy atom. The van der Waals surface area contributed by atoms with Crippen LogP contribution in [0.1, 0.15) is 88.5 Å². The largest absolute Gasteiger partial charge is 0.404 e. The molecule has 224 valence electrons. The number of aromatic nitrogens is 2. The highest BCUT2D eigenvalue weighted by Gasteiger charge is 2.51. The molecule has 1 amide bonds. The summed E-state index contributed by atoms with van der Waals surface area (Å²) < 4.78 is 9.54. The molecule has 2 saturated carbocycles. The fourth-order valence-corrected chi connectivity index (χ4v) is 12.1. The molecule has 4 aromatic rings. The van der Waals surface area contributed by atoms with E-state index in [1.165, 1.54) is 10.4 Å². The van der Waals surface area contributed by atoms with Gasteiger partial charge in [0, 0.05) is 30.6 Å². The van der Waals surface area contributed by atoms with Gasteiger partial charge in [-0.25, -0.2) is 4.98 Å². The molecule has 43 heavy (non-hydrogen) atoms. The maximum absolute atomic E-state index is 13.4. The summed E-state index contributed by atoms with van der Waals surface area (Å²) in [4.78, 5) is 31.4. The van der Waals surface area contributed by atoms with Gasteiger partial charge in [-0.3, -0.25) is 9.59 Å². The SMILES string of the molecule is CC(C)(C)[Si](O[C@H]1CC[C@H](n2cc(C(=O)NC3CCCC3)c(=O)c3cccnc32)CC1)(c1ccccc1)c1ccccc1. The van der Waals surface area contributed by atoms with Crippen LogP contribution in [0.4, 0.5) is 0 Å². The van der Waals surface area contributed by atoms with Crippen LogP contribution in [0.3, 0.4) is 0 Å². The van der Waals surface area contributed by atoms with Crippen molar-refractivity contribution in [3.63, 3.8) is 0 Å². The minimum Gasteiger partial charge on any atom is -0.404 e. The number of carbonyl (C=O) groups excluding carboxylic acids is 1. The lowest BCUT2D eigenvalue weighted by atomic mass is 9.92. The molecule has 6 nitrogen and oxygen atoms in total. The van der Waals surface area contributed by atoms with Gasteiger partial charge in [0.2, 0.25) is 5.43 Å². The zero-order chi connectivity index (χ0) is 30.0. The number of carbonyl (C=O) groups is 1. The summed E-state index contributed by atoms with van der Waals surface area (Å²) in [5.41, 5.74) is 0.637. The van der Waals surface area contributed by atoms with Crippen LogP contribution in [0.15, 0.2) is 90.0 Å². The number of hydrogen-bond acceptors (Lipinski definition) is 4. The third-order valence-electron chi connectivity index (χ3n) is 9.52. The normalized spacial score (nSPS) is 19.9. The van der Waals surface area contributed by atoms with E-state index in [1.54, 1.807) is 24.5 Å². The Morgan fingerprint density at radius 3 is 2.05 bits per heavy atom. The summed E-state index contributed by atoms with van der Waals surface area (Å²) in [6, 6.07) is 25.5. The van der Waals surface area contributed by atoms with E-state index in [0.717, 1.165) is 51.4 Å². The third-order valence-corrected chi connectivity index (χ3v) is 14.6. The van der Waals surface area contributed by atoms with Gasteiger partial charge in [0.25, 0.3) is 14.2 Å². The summed E-state index contributed by atoms with van der Waals surface area (Å²) in [7, 11) is -2.64. The molecule has 0 atom stereocenters. The van der Waals surface area contributed by atoms with E-state index >= 15 is 0 Å². The Labute approximate surface area is 255 Å². The number of fused-ring (bicyclic) bond motifs is 1. The van der Waals surface area contributed by atoms with E-state index < -0.39 is 8.32 Å². The Hall–Kier alpha value is -3.55. The molecule has 0 spiro atoms. The first-order chi connectivity index (χ1) is 20.8. The highest BCUT2D eigenvalue weighted by Crippen LogP contribution is 2.40. The second-order valence-electron chi connectivity index (χ2n) is 13.3. The van der Waals surface area contributed by atoms with E-state index in [-0.39, 0.29) is 40.1 Å². The zero-order valence-electron chi connectivity index (χ0n) is 25.6.